The lowest BCUT2D eigenvalue weighted by atomic mass is 9.86. The Morgan fingerprint density at radius 1 is 0.774 bits per heavy atom. The number of nitrogens with zero attached hydrogens (tertiary/aromatic N) is 2. The van der Waals surface area contributed by atoms with Gasteiger partial charge in [0.25, 0.3) is 0 Å². The van der Waals surface area contributed by atoms with Gasteiger partial charge in [0, 0.05) is 36.8 Å². The highest BCUT2D eigenvalue weighted by Gasteiger charge is 2.42. The maximum atomic E-state index is 14.2. The van der Waals surface area contributed by atoms with Crippen molar-refractivity contribution in [2.75, 3.05) is 19.6 Å². The number of hydrogen-bond acceptors (Lipinski definition) is 3. The van der Waals surface area contributed by atoms with Crippen molar-refractivity contribution < 1.29 is 9.53 Å². The van der Waals surface area contributed by atoms with Crippen LogP contribution in [0.4, 0.5) is 0 Å². The Labute approximate surface area is 183 Å². The van der Waals surface area contributed by atoms with Crippen molar-refractivity contribution in [3.05, 3.63) is 95.6 Å². The molecule has 0 bridgehead atoms. The number of fused-ring (bicyclic) bond motifs is 2. The summed E-state index contributed by atoms with van der Waals surface area (Å²) in [5, 5.41) is 0. The Morgan fingerprint density at radius 3 is 2.03 bits per heavy atom. The molecule has 4 heteroatoms. The zero-order valence-corrected chi connectivity index (χ0v) is 17.5. The maximum Gasteiger partial charge on any atom is 0.235 e. The molecular weight excluding hydrogens is 384 g/mol. The number of amides is 1. The predicted octanol–water partition coefficient (Wildman–Crippen LogP) is 4.97. The van der Waals surface area contributed by atoms with Crippen LogP contribution in [0.2, 0.25) is 0 Å². The van der Waals surface area contributed by atoms with E-state index in [9.17, 15) is 4.79 Å². The van der Waals surface area contributed by atoms with Gasteiger partial charge < -0.3 is 9.64 Å². The van der Waals surface area contributed by atoms with E-state index >= 15 is 0 Å². The summed E-state index contributed by atoms with van der Waals surface area (Å²) in [7, 11) is 0. The fourth-order valence-corrected chi connectivity index (χ4v) is 5.14. The highest BCUT2D eigenvalue weighted by Crippen LogP contribution is 2.46. The third-order valence-electron chi connectivity index (χ3n) is 6.87. The van der Waals surface area contributed by atoms with Crippen LogP contribution < -0.4 is 4.74 Å². The lowest BCUT2D eigenvalue weighted by Crippen LogP contribution is -2.52. The number of carbonyl (C=O) groups is 1. The Balaban J connectivity index is 1.40. The van der Waals surface area contributed by atoms with Gasteiger partial charge in [0.1, 0.15) is 11.5 Å². The minimum Gasteiger partial charge on any atom is -0.457 e. The largest absolute Gasteiger partial charge is 0.457 e. The first kappa shape index (κ1) is 18.6. The molecule has 0 radical (unpaired) electrons. The smallest absolute Gasteiger partial charge is 0.235 e. The number of carbonyl (C=O) groups excluding carboxylic acids is 1. The van der Waals surface area contributed by atoms with E-state index in [1.807, 2.05) is 54.6 Å². The normalized spacial score (nSPS) is 21.2. The van der Waals surface area contributed by atoms with Gasteiger partial charge in [0.05, 0.1) is 12.0 Å². The number of benzene rings is 3. The number of para-hydroxylation sites is 2. The molecule has 2 aliphatic heterocycles. The van der Waals surface area contributed by atoms with Crippen LogP contribution in [0.3, 0.4) is 0 Å². The maximum absolute atomic E-state index is 14.2. The fourth-order valence-electron chi connectivity index (χ4n) is 5.14. The summed E-state index contributed by atoms with van der Waals surface area (Å²) < 4.78 is 6.13. The molecule has 3 aliphatic rings. The highest BCUT2D eigenvalue weighted by atomic mass is 16.5. The summed E-state index contributed by atoms with van der Waals surface area (Å²) in [5.74, 6) is 1.41. The van der Waals surface area contributed by atoms with Crippen LogP contribution in [0.25, 0.3) is 0 Å². The van der Waals surface area contributed by atoms with Crippen LogP contribution in [0.15, 0.2) is 78.9 Å². The fraction of sp³-hybridized carbons (Fsp3) is 0.296. The van der Waals surface area contributed by atoms with Crippen LogP contribution in [-0.4, -0.2) is 41.4 Å². The Hall–Kier alpha value is -3.11. The van der Waals surface area contributed by atoms with E-state index in [2.05, 4.69) is 34.1 Å². The molecule has 2 heterocycles. The van der Waals surface area contributed by atoms with E-state index in [1.54, 1.807) is 0 Å². The van der Waals surface area contributed by atoms with Crippen LogP contribution in [0.1, 0.15) is 41.5 Å². The van der Waals surface area contributed by atoms with E-state index in [-0.39, 0.29) is 17.9 Å². The summed E-state index contributed by atoms with van der Waals surface area (Å²) in [6, 6.07) is 27.2. The van der Waals surface area contributed by atoms with Crippen LogP contribution in [0, 0.1) is 0 Å². The van der Waals surface area contributed by atoms with Crippen molar-refractivity contribution in [1.29, 1.82) is 0 Å². The van der Waals surface area contributed by atoms with Crippen molar-refractivity contribution in [3.8, 4) is 11.5 Å². The molecular formula is C27H26N2O2. The molecule has 6 rings (SSSR count). The van der Waals surface area contributed by atoms with Crippen LogP contribution >= 0.6 is 0 Å². The summed E-state index contributed by atoms with van der Waals surface area (Å²) in [5.41, 5.74) is 3.14. The molecule has 3 aromatic carbocycles. The number of ether oxygens (including phenoxy) is 1. The summed E-state index contributed by atoms with van der Waals surface area (Å²) >= 11 is 0. The van der Waals surface area contributed by atoms with E-state index in [1.165, 1.54) is 18.4 Å². The van der Waals surface area contributed by atoms with Crippen LogP contribution in [-0.2, 0) is 4.79 Å². The molecule has 31 heavy (non-hydrogen) atoms. The van der Waals surface area contributed by atoms with Gasteiger partial charge in [-0.05, 0) is 30.5 Å². The highest BCUT2D eigenvalue weighted by molar-refractivity contribution is 5.90. The van der Waals surface area contributed by atoms with Crippen molar-refractivity contribution in [3.63, 3.8) is 0 Å². The molecule has 1 atom stereocenters. The van der Waals surface area contributed by atoms with Gasteiger partial charge >= 0.3 is 0 Å². The molecule has 2 fully saturated rings. The van der Waals surface area contributed by atoms with Crippen molar-refractivity contribution in [2.45, 2.75) is 30.8 Å². The van der Waals surface area contributed by atoms with Gasteiger partial charge in [0.2, 0.25) is 5.91 Å². The molecule has 0 N–H and O–H groups in total. The zero-order chi connectivity index (χ0) is 20.8. The van der Waals surface area contributed by atoms with Gasteiger partial charge in [-0.3, -0.25) is 9.69 Å². The second-order valence-corrected chi connectivity index (χ2v) is 8.79. The van der Waals surface area contributed by atoms with Gasteiger partial charge in [-0.15, -0.1) is 0 Å². The average Bonchev–Trinajstić information content (AvgIpc) is 3.68. The molecule has 0 spiro atoms. The minimum atomic E-state index is -0.333. The Morgan fingerprint density at radius 2 is 1.39 bits per heavy atom. The van der Waals surface area contributed by atoms with Crippen LogP contribution in [0.5, 0.6) is 11.5 Å². The molecule has 4 nitrogen and oxygen atoms in total. The molecule has 1 saturated heterocycles. The third kappa shape index (κ3) is 3.31. The third-order valence-corrected chi connectivity index (χ3v) is 6.87. The summed E-state index contributed by atoms with van der Waals surface area (Å²) in [6.45, 7) is 2.62. The molecule has 1 unspecified atom stereocenters. The zero-order valence-electron chi connectivity index (χ0n) is 17.5. The average molecular weight is 411 g/mol. The van der Waals surface area contributed by atoms with Crippen molar-refractivity contribution >= 4 is 5.91 Å². The van der Waals surface area contributed by atoms with E-state index < -0.39 is 0 Å². The van der Waals surface area contributed by atoms with E-state index in [0.29, 0.717) is 6.04 Å². The first-order chi connectivity index (χ1) is 15.3. The molecule has 156 valence electrons. The first-order valence-corrected chi connectivity index (χ1v) is 11.2. The number of rotatable bonds is 3. The summed E-state index contributed by atoms with van der Waals surface area (Å²) in [4.78, 5) is 18.9. The number of hydrogen-bond donors (Lipinski definition) is 0. The Kier molecular flexibility index (Phi) is 4.53. The standard InChI is InChI=1S/C27H26N2O2/c30-27(26-21-10-4-6-12-24(21)31-25-13-7-5-11-22(25)26)29-17-16-28(20-14-15-20)18-23(29)19-8-2-1-3-9-19/h1-13,20,23,26H,14-18H2. The van der Waals surface area contributed by atoms with Gasteiger partial charge in [0.15, 0.2) is 0 Å². The first-order valence-electron chi connectivity index (χ1n) is 11.2. The molecule has 1 amide bonds. The lowest BCUT2D eigenvalue weighted by Gasteiger charge is -2.44. The quantitative estimate of drug-likeness (QED) is 0.611. The van der Waals surface area contributed by atoms with Gasteiger partial charge in [-0.1, -0.05) is 66.7 Å². The van der Waals surface area contributed by atoms with Crippen molar-refractivity contribution in [1.82, 2.24) is 9.80 Å². The topological polar surface area (TPSA) is 32.8 Å². The van der Waals surface area contributed by atoms with E-state index in [4.69, 9.17) is 4.74 Å². The van der Waals surface area contributed by atoms with Gasteiger partial charge in [-0.25, -0.2) is 0 Å². The SMILES string of the molecule is O=C(C1c2ccccc2Oc2ccccc21)N1CCN(C2CC2)CC1c1ccccc1. The molecule has 1 aliphatic carbocycles. The molecule has 3 aromatic rings. The summed E-state index contributed by atoms with van der Waals surface area (Å²) in [6.07, 6.45) is 2.58. The van der Waals surface area contributed by atoms with Crippen molar-refractivity contribution in [2.24, 2.45) is 0 Å². The van der Waals surface area contributed by atoms with E-state index in [0.717, 1.165) is 42.3 Å². The monoisotopic (exact) mass is 410 g/mol. The molecule has 1 saturated carbocycles. The Bertz CT molecular complexity index is 1060. The number of piperazine rings is 1. The second kappa shape index (κ2) is 7.54. The molecule has 0 aromatic heterocycles. The van der Waals surface area contributed by atoms with Gasteiger partial charge in [-0.2, -0.15) is 0 Å². The predicted molar refractivity (Wildman–Crippen MR) is 120 cm³/mol. The lowest BCUT2D eigenvalue weighted by molar-refractivity contribution is -0.137. The minimum absolute atomic E-state index is 0.0743. The second-order valence-electron chi connectivity index (χ2n) is 8.79.